The second kappa shape index (κ2) is 4.01. The molecule has 0 aromatic heterocycles. The number of nitrogens with zero attached hydrogens (tertiary/aromatic N) is 1. The van der Waals surface area contributed by atoms with Crippen LogP contribution in [0.5, 0.6) is 0 Å². The van der Waals surface area contributed by atoms with Crippen LogP contribution in [-0.2, 0) is 6.61 Å². The van der Waals surface area contributed by atoms with Crippen LogP contribution in [0.4, 0.5) is 5.69 Å². The van der Waals surface area contributed by atoms with Gasteiger partial charge in [0.2, 0.25) is 0 Å². The van der Waals surface area contributed by atoms with Crippen LogP contribution in [0, 0.1) is 5.92 Å². The lowest BCUT2D eigenvalue weighted by Crippen LogP contribution is -2.21. The summed E-state index contributed by atoms with van der Waals surface area (Å²) in [5.74, 6) is 0.881. The number of anilines is 1. The minimum atomic E-state index is 0.130. The van der Waals surface area contributed by atoms with Crippen molar-refractivity contribution in [3.8, 4) is 0 Å². The minimum Gasteiger partial charge on any atom is -0.392 e. The van der Waals surface area contributed by atoms with E-state index in [9.17, 15) is 5.11 Å². The van der Waals surface area contributed by atoms with E-state index in [0.717, 1.165) is 18.0 Å². The molecule has 0 amide bonds. The SMILES string of the molecule is CN(CC1CC1)c1ccccc1CO. The van der Waals surface area contributed by atoms with Crippen LogP contribution in [0.2, 0.25) is 0 Å². The van der Waals surface area contributed by atoms with E-state index in [1.165, 1.54) is 18.5 Å². The Labute approximate surface area is 85.2 Å². The molecule has 2 nitrogen and oxygen atoms in total. The van der Waals surface area contributed by atoms with Gasteiger partial charge in [-0.1, -0.05) is 18.2 Å². The van der Waals surface area contributed by atoms with Gasteiger partial charge in [0.15, 0.2) is 0 Å². The highest BCUT2D eigenvalue weighted by Gasteiger charge is 2.23. The van der Waals surface area contributed by atoms with Gasteiger partial charge in [0.05, 0.1) is 6.61 Å². The van der Waals surface area contributed by atoms with Crippen LogP contribution in [0.3, 0.4) is 0 Å². The Morgan fingerprint density at radius 3 is 2.71 bits per heavy atom. The zero-order valence-electron chi connectivity index (χ0n) is 8.61. The molecule has 0 unspecified atom stereocenters. The predicted molar refractivity (Wildman–Crippen MR) is 58.4 cm³/mol. The first-order valence-corrected chi connectivity index (χ1v) is 5.21. The summed E-state index contributed by atoms with van der Waals surface area (Å²) in [6.07, 6.45) is 2.73. The second-order valence-electron chi connectivity index (χ2n) is 4.11. The molecule has 1 aromatic rings. The molecule has 1 aliphatic rings. The van der Waals surface area contributed by atoms with E-state index in [0.29, 0.717) is 0 Å². The van der Waals surface area contributed by atoms with Gasteiger partial charge < -0.3 is 10.0 Å². The lowest BCUT2D eigenvalue weighted by molar-refractivity contribution is 0.282. The summed E-state index contributed by atoms with van der Waals surface area (Å²) >= 11 is 0. The summed E-state index contributed by atoms with van der Waals surface area (Å²) < 4.78 is 0. The molecule has 1 saturated carbocycles. The molecule has 0 spiro atoms. The first kappa shape index (κ1) is 9.53. The number of aliphatic hydroxyl groups is 1. The molecule has 0 bridgehead atoms. The summed E-state index contributed by atoms with van der Waals surface area (Å²) in [7, 11) is 2.10. The third-order valence-electron chi connectivity index (χ3n) is 2.80. The maximum atomic E-state index is 9.19. The lowest BCUT2D eigenvalue weighted by atomic mass is 10.1. The fraction of sp³-hybridized carbons (Fsp3) is 0.500. The zero-order valence-corrected chi connectivity index (χ0v) is 8.61. The predicted octanol–water partition coefficient (Wildman–Crippen LogP) is 2.03. The van der Waals surface area contributed by atoms with Gasteiger partial charge in [0.25, 0.3) is 0 Å². The number of aliphatic hydroxyl groups excluding tert-OH is 1. The van der Waals surface area contributed by atoms with E-state index in [2.05, 4.69) is 18.0 Å². The van der Waals surface area contributed by atoms with Crippen LogP contribution in [-0.4, -0.2) is 18.7 Å². The lowest BCUT2D eigenvalue weighted by Gasteiger charge is -2.21. The summed E-state index contributed by atoms with van der Waals surface area (Å²) in [6, 6.07) is 8.06. The molecular formula is C12H17NO. The van der Waals surface area contributed by atoms with E-state index in [4.69, 9.17) is 0 Å². The topological polar surface area (TPSA) is 23.5 Å². The average molecular weight is 191 g/mol. The van der Waals surface area contributed by atoms with Crippen LogP contribution in [0.15, 0.2) is 24.3 Å². The van der Waals surface area contributed by atoms with Gasteiger partial charge in [-0.3, -0.25) is 0 Å². The van der Waals surface area contributed by atoms with E-state index in [1.54, 1.807) is 0 Å². The Morgan fingerprint density at radius 1 is 1.36 bits per heavy atom. The number of rotatable bonds is 4. The van der Waals surface area contributed by atoms with Crippen LogP contribution in [0.1, 0.15) is 18.4 Å². The van der Waals surface area contributed by atoms with Gasteiger partial charge in [-0.2, -0.15) is 0 Å². The summed E-state index contributed by atoms with van der Waals surface area (Å²) in [4.78, 5) is 2.25. The molecule has 0 radical (unpaired) electrons. The Balaban J connectivity index is 2.11. The van der Waals surface area contributed by atoms with Gasteiger partial charge in [-0.05, 0) is 24.8 Å². The zero-order chi connectivity index (χ0) is 9.97. The van der Waals surface area contributed by atoms with Crippen molar-refractivity contribution >= 4 is 5.69 Å². The molecule has 1 N–H and O–H groups in total. The highest BCUT2D eigenvalue weighted by atomic mass is 16.3. The molecular weight excluding hydrogens is 174 g/mol. The minimum absolute atomic E-state index is 0.130. The number of hydrogen-bond donors (Lipinski definition) is 1. The molecule has 1 aromatic carbocycles. The summed E-state index contributed by atoms with van der Waals surface area (Å²) in [5.41, 5.74) is 2.19. The molecule has 76 valence electrons. The van der Waals surface area contributed by atoms with Gasteiger partial charge in [0, 0.05) is 24.8 Å². The molecule has 0 aliphatic heterocycles. The number of para-hydroxylation sites is 1. The van der Waals surface area contributed by atoms with Gasteiger partial charge >= 0.3 is 0 Å². The van der Waals surface area contributed by atoms with Crippen molar-refractivity contribution in [2.45, 2.75) is 19.4 Å². The van der Waals surface area contributed by atoms with Crippen LogP contribution >= 0.6 is 0 Å². The molecule has 2 rings (SSSR count). The summed E-state index contributed by atoms with van der Waals surface area (Å²) in [5, 5.41) is 9.19. The Morgan fingerprint density at radius 2 is 2.07 bits per heavy atom. The molecule has 0 saturated heterocycles. The van der Waals surface area contributed by atoms with E-state index < -0.39 is 0 Å². The number of hydrogen-bond acceptors (Lipinski definition) is 2. The molecule has 1 fully saturated rings. The largest absolute Gasteiger partial charge is 0.392 e. The molecule has 0 heterocycles. The summed E-state index contributed by atoms with van der Waals surface area (Å²) in [6.45, 7) is 1.25. The molecule has 2 heteroatoms. The molecule has 14 heavy (non-hydrogen) atoms. The van der Waals surface area contributed by atoms with E-state index in [-0.39, 0.29) is 6.61 Å². The normalized spacial score (nSPS) is 15.6. The van der Waals surface area contributed by atoms with Gasteiger partial charge in [-0.15, -0.1) is 0 Å². The maximum Gasteiger partial charge on any atom is 0.0702 e. The molecule has 0 atom stereocenters. The van der Waals surface area contributed by atoms with Crippen LogP contribution in [0.25, 0.3) is 0 Å². The van der Waals surface area contributed by atoms with Crippen molar-refractivity contribution in [3.05, 3.63) is 29.8 Å². The maximum absolute atomic E-state index is 9.19. The van der Waals surface area contributed by atoms with Crippen molar-refractivity contribution in [1.82, 2.24) is 0 Å². The number of benzene rings is 1. The Hall–Kier alpha value is -1.02. The van der Waals surface area contributed by atoms with Gasteiger partial charge in [0.1, 0.15) is 0 Å². The first-order chi connectivity index (χ1) is 6.81. The second-order valence-corrected chi connectivity index (χ2v) is 4.11. The van der Waals surface area contributed by atoms with Crippen molar-refractivity contribution in [2.75, 3.05) is 18.5 Å². The third kappa shape index (κ3) is 2.07. The first-order valence-electron chi connectivity index (χ1n) is 5.21. The fourth-order valence-corrected chi connectivity index (χ4v) is 1.80. The smallest absolute Gasteiger partial charge is 0.0702 e. The quantitative estimate of drug-likeness (QED) is 0.787. The van der Waals surface area contributed by atoms with Crippen molar-refractivity contribution in [1.29, 1.82) is 0 Å². The highest BCUT2D eigenvalue weighted by molar-refractivity contribution is 5.52. The average Bonchev–Trinajstić information content (AvgIpc) is 3.01. The molecule has 1 aliphatic carbocycles. The third-order valence-corrected chi connectivity index (χ3v) is 2.80. The van der Waals surface area contributed by atoms with Crippen LogP contribution < -0.4 is 4.90 Å². The van der Waals surface area contributed by atoms with Gasteiger partial charge in [-0.25, -0.2) is 0 Å². The Kier molecular flexibility index (Phi) is 2.73. The Bertz CT molecular complexity index is 307. The standard InChI is InChI=1S/C12H17NO/c1-13(8-10-6-7-10)12-5-3-2-4-11(12)9-14/h2-5,10,14H,6-9H2,1H3. The van der Waals surface area contributed by atoms with E-state index in [1.807, 2.05) is 18.2 Å². The van der Waals surface area contributed by atoms with E-state index >= 15 is 0 Å². The highest BCUT2D eigenvalue weighted by Crippen LogP contribution is 2.31. The monoisotopic (exact) mass is 191 g/mol. The van der Waals surface area contributed by atoms with Crippen molar-refractivity contribution < 1.29 is 5.11 Å². The van der Waals surface area contributed by atoms with Crippen molar-refractivity contribution in [3.63, 3.8) is 0 Å². The fourth-order valence-electron chi connectivity index (χ4n) is 1.80. The van der Waals surface area contributed by atoms with Crippen molar-refractivity contribution in [2.24, 2.45) is 5.92 Å².